The van der Waals surface area contributed by atoms with Crippen molar-refractivity contribution in [2.45, 2.75) is 37.3 Å². The highest BCUT2D eigenvalue weighted by atomic mass is 16.6. The number of amides is 1. The molecule has 2 fully saturated rings. The van der Waals surface area contributed by atoms with E-state index >= 15 is 0 Å². The molecule has 7 nitrogen and oxygen atoms in total. The fourth-order valence-corrected chi connectivity index (χ4v) is 7.42. The average Bonchev–Trinajstić information content (AvgIpc) is 3.61. The number of Topliss-reactive ketones (excluding diaryl/α,β-unsaturated/α-hetero) is 1. The molecule has 7 heteroatoms. The van der Waals surface area contributed by atoms with E-state index in [9.17, 15) is 19.7 Å². The highest BCUT2D eigenvalue weighted by molar-refractivity contribution is 6.13. The van der Waals surface area contributed by atoms with Crippen LogP contribution in [-0.4, -0.2) is 34.1 Å². The summed E-state index contributed by atoms with van der Waals surface area (Å²) in [5.41, 5.74) is 2.63. The lowest BCUT2D eigenvalue weighted by Crippen LogP contribution is -2.52. The van der Waals surface area contributed by atoms with Crippen LogP contribution in [0.4, 0.5) is 11.4 Å². The lowest BCUT2D eigenvalue weighted by Gasteiger charge is -2.37. The molecule has 3 unspecified atom stereocenters. The van der Waals surface area contributed by atoms with Gasteiger partial charge in [0.25, 0.3) is 5.69 Å². The zero-order chi connectivity index (χ0) is 26.9. The summed E-state index contributed by atoms with van der Waals surface area (Å²) < 4.78 is 0. The molecule has 4 atom stereocenters. The Morgan fingerprint density at radius 3 is 2.64 bits per heavy atom. The lowest BCUT2D eigenvalue weighted by atomic mass is 9.68. The summed E-state index contributed by atoms with van der Waals surface area (Å²) >= 11 is 0. The van der Waals surface area contributed by atoms with Gasteiger partial charge in [-0.1, -0.05) is 66.2 Å². The van der Waals surface area contributed by atoms with E-state index in [2.05, 4.69) is 10.2 Å². The van der Waals surface area contributed by atoms with Gasteiger partial charge in [-0.25, -0.2) is 0 Å². The molecule has 4 aromatic rings. The van der Waals surface area contributed by atoms with Crippen LogP contribution < -0.4 is 5.32 Å². The number of anilines is 1. The van der Waals surface area contributed by atoms with Gasteiger partial charge in [0.15, 0.2) is 5.78 Å². The maximum absolute atomic E-state index is 14.8. The Labute approximate surface area is 225 Å². The first-order chi connectivity index (χ1) is 18.9. The number of ketones is 1. The van der Waals surface area contributed by atoms with E-state index in [0.29, 0.717) is 12.1 Å². The zero-order valence-electron chi connectivity index (χ0n) is 21.5. The number of nitrogens with zero attached hydrogens (tertiary/aromatic N) is 2. The van der Waals surface area contributed by atoms with Crippen LogP contribution in [0, 0.1) is 23.0 Å². The number of carbonyl (C=O) groups excluding carboxylic acids is 2. The fraction of sp³-hybridized carbons (Fsp3) is 0.250. The standard InChI is InChI=1S/C32H27N3O4/c1-19-11-14-26-25(16-19)32(31(37)33-26)29(30(36)23-13-12-20-6-2-3-7-21(20)17-23)28(27-10-5-15-34(27)32)22-8-4-9-24(18-22)35(38)39/h2-4,6-9,11-14,16-18,27-29H,5,10,15H2,1H3,(H,33,37)/t27?,28?,29?,32-/m1/s1. The second-order valence-electron chi connectivity index (χ2n) is 11.0. The van der Waals surface area contributed by atoms with Crippen LogP contribution in [0.1, 0.15) is 45.8 Å². The number of benzene rings is 4. The van der Waals surface area contributed by atoms with Crippen molar-refractivity contribution in [3.8, 4) is 0 Å². The van der Waals surface area contributed by atoms with Crippen LogP contribution in [-0.2, 0) is 10.3 Å². The Morgan fingerprint density at radius 2 is 1.82 bits per heavy atom. The summed E-state index contributed by atoms with van der Waals surface area (Å²) in [7, 11) is 0. The number of carbonyl (C=O) groups is 2. The number of nitro groups is 1. The van der Waals surface area contributed by atoms with Crippen molar-refractivity contribution in [1.82, 2.24) is 4.90 Å². The quantitative estimate of drug-likeness (QED) is 0.205. The smallest absolute Gasteiger partial charge is 0.269 e. The molecule has 39 heavy (non-hydrogen) atoms. The van der Waals surface area contributed by atoms with Gasteiger partial charge >= 0.3 is 0 Å². The summed E-state index contributed by atoms with van der Waals surface area (Å²) in [5.74, 6) is -1.45. The molecule has 3 aliphatic rings. The second-order valence-corrected chi connectivity index (χ2v) is 11.0. The van der Waals surface area contributed by atoms with E-state index in [1.165, 1.54) is 6.07 Å². The predicted octanol–water partition coefficient (Wildman–Crippen LogP) is 5.96. The first-order valence-corrected chi connectivity index (χ1v) is 13.4. The first kappa shape index (κ1) is 23.7. The van der Waals surface area contributed by atoms with Crippen LogP contribution in [0.5, 0.6) is 0 Å². The monoisotopic (exact) mass is 517 g/mol. The van der Waals surface area contributed by atoms with Crippen LogP contribution in [0.15, 0.2) is 84.9 Å². The minimum Gasteiger partial charge on any atom is -0.324 e. The number of nitrogens with one attached hydrogen (secondary N) is 1. The number of hydrogen-bond donors (Lipinski definition) is 1. The normalized spacial score (nSPS) is 25.6. The lowest BCUT2D eigenvalue weighted by molar-refractivity contribution is -0.384. The van der Waals surface area contributed by atoms with E-state index in [1.807, 2.05) is 73.7 Å². The molecule has 1 spiro atoms. The Kier molecular flexibility index (Phi) is 5.22. The summed E-state index contributed by atoms with van der Waals surface area (Å²) in [6, 6.07) is 26.0. The minimum absolute atomic E-state index is 0.0120. The minimum atomic E-state index is -1.19. The Hall–Kier alpha value is -4.36. The average molecular weight is 518 g/mol. The number of rotatable bonds is 4. The van der Waals surface area contributed by atoms with Gasteiger partial charge in [0.05, 0.1) is 10.8 Å². The fourth-order valence-electron chi connectivity index (χ4n) is 7.42. The highest BCUT2D eigenvalue weighted by Crippen LogP contribution is 2.61. The third-order valence-electron chi connectivity index (χ3n) is 8.94. The van der Waals surface area contributed by atoms with Crippen molar-refractivity contribution in [2.75, 3.05) is 11.9 Å². The van der Waals surface area contributed by atoms with Crippen LogP contribution >= 0.6 is 0 Å². The summed E-state index contributed by atoms with van der Waals surface area (Å²) in [6.45, 7) is 2.67. The van der Waals surface area contributed by atoms with E-state index in [-0.39, 0.29) is 29.3 Å². The largest absolute Gasteiger partial charge is 0.324 e. The predicted molar refractivity (Wildman–Crippen MR) is 149 cm³/mol. The van der Waals surface area contributed by atoms with Gasteiger partial charge in [-0.05, 0) is 54.8 Å². The molecule has 0 aromatic heterocycles. The van der Waals surface area contributed by atoms with E-state index in [1.54, 1.807) is 12.1 Å². The third kappa shape index (κ3) is 3.32. The molecule has 2 saturated heterocycles. The second kappa shape index (κ2) is 8.58. The van der Waals surface area contributed by atoms with Gasteiger partial charge in [-0.3, -0.25) is 24.6 Å². The SMILES string of the molecule is Cc1ccc2c(c1)[C@]1(C(=O)N2)C(C(=O)c2ccc3ccccc3c2)C(c2cccc([N+](=O)[O-])c2)C2CCCN21. The number of fused-ring (bicyclic) bond motifs is 5. The molecule has 1 N–H and O–H groups in total. The van der Waals surface area contributed by atoms with E-state index in [0.717, 1.165) is 46.0 Å². The Morgan fingerprint density at radius 1 is 1.00 bits per heavy atom. The molecule has 0 saturated carbocycles. The van der Waals surface area contributed by atoms with Crippen molar-refractivity contribution in [2.24, 2.45) is 5.92 Å². The number of nitro benzene ring substituents is 1. The molecule has 0 bridgehead atoms. The van der Waals surface area contributed by atoms with Crippen molar-refractivity contribution >= 4 is 33.8 Å². The summed E-state index contributed by atoms with van der Waals surface area (Å²) in [5, 5.41) is 16.8. The van der Waals surface area contributed by atoms with Gasteiger partial charge in [0.2, 0.25) is 5.91 Å². The van der Waals surface area contributed by atoms with Gasteiger partial charge in [-0.15, -0.1) is 0 Å². The summed E-state index contributed by atoms with van der Waals surface area (Å²) in [6.07, 6.45) is 1.70. The molecule has 194 valence electrons. The van der Waals surface area contributed by atoms with Crippen LogP contribution in [0.3, 0.4) is 0 Å². The van der Waals surface area contributed by atoms with Gasteiger partial charge in [-0.2, -0.15) is 0 Å². The molecule has 3 heterocycles. The van der Waals surface area contributed by atoms with E-state index < -0.39 is 16.4 Å². The maximum Gasteiger partial charge on any atom is 0.269 e. The topological polar surface area (TPSA) is 92.5 Å². The van der Waals surface area contributed by atoms with Crippen molar-refractivity contribution in [3.63, 3.8) is 0 Å². The third-order valence-corrected chi connectivity index (χ3v) is 8.94. The molecule has 7 rings (SSSR count). The van der Waals surface area contributed by atoms with Crippen molar-refractivity contribution < 1.29 is 14.5 Å². The molecule has 1 amide bonds. The van der Waals surface area contributed by atoms with Crippen molar-refractivity contribution in [1.29, 1.82) is 0 Å². The van der Waals surface area contributed by atoms with Gasteiger partial charge in [0.1, 0.15) is 5.54 Å². The highest BCUT2D eigenvalue weighted by Gasteiger charge is 2.69. The van der Waals surface area contributed by atoms with Crippen molar-refractivity contribution in [3.05, 3.63) is 117 Å². The van der Waals surface area contributed by atoms with Gasteiger partial charge < -0.3 is 5.32 Å². The van der Waals surface area contributed by atoms with Crippen LogP contribution in [0.2, 0.25) is 0 Å². The molecule has 3 aliphatic heterocycles. The Balaban J connectivity index is 1.49. The number of hydrogen-bond acceptors (Lipinski definition) is 5. The molecule has 0 radical (unpaired) electrons. The molecule has 4 aromatic carbocycles. The number of non-ortho nitro benzene ring substituents is 1. The first-order valence-electron chi connectivity index (χ1n) is 13.4. The number of aryl methyl sites for hydroxylation is 1. The zero-order valence-corrected chi connectivity index (χ0v) is 21.5. The molecular formula is C32H27N3O4. The van der Waals surface area contributed by atoms with Crippen LogP contribution in [0.25, 0.3) is 10.8 Å². The molecular weight excluding hydrogens is 490 g/mol. The summed E-state index contributed by atoms with van der Waals surface area (Å²) in [4.78, 5) is 42.5. The Bertz CT molecular complexity index is 1700. The van der Waals surface area contributed by atoms with Gasteiger partial charge in [0, 0.05) is 40.9 Å². The molecule has 0 aliphatic carbocycles. The maximum atomic E-state index is 14.8. The van der Waals surface area contributed by atoms with E-state index in [4.69, 9.17) is 0 Å².